The molecule has 0 unspecified atom stereocenters. The zero-order chi connectivity index (χ0) is 21.5. The number of nitrogens with zero attached hydrogens (tertiary/aromatic N) is 4. The molecule has 4 rings (SSSR count). The fourth-order valence-electron chi connectivity index (χ4n) is 4.22. The fourth-order valence-corrected chi connectivity index (χ4v) is 4.94. The highest BCUT2D eigenvalue weighted by atomic mass is 32.1. The largest absolute Gasteiger partial charge is 0.337 e. The Kier molecular flexibility index (Phi) is 5.19. The second kappa shape index (κ2) is 7.68. The van der Waals surface area contributed by atoms with Crippen molar-refractivity contribution in [2.45, 2.75) is 25.2 Å². The van der Waals surface area contributed by atoms with Gasteiger partial charge >= 0.3 is 5.69 Å². The molecule has 0 atom stereocenters. The predicted molar refractivity (Wildman–Crippen MR) is 116 cm³/mol. The quantitative estimate of drug-likeness (QED) is 0.645. The van der Waals surface area contributed by atoms with Gasteiger partial charge in [0.05, 0.1) is 10.7 Å². The molecule has 0 radical (unpaired) electrons. The number of amides is 1. The lowest BCUT2D eigenvalue weighted by atomic mass is 9.70. The van der Waals surface area contributed by atoms with E-state index in [0.29, 0.717) is 13.1 Å². The lowest BCUT2D eigenvalue weighted by Gasteiger charge is -2.41. The number of carbonyl (C=O) groups excluding carboxylic acids is 1. The van der Waals surface area contributed by atoms with Crippen LogP contribution in [-0.4, -0.2) is 38.0 Å². The number of piperidine rings is 1. The maximum Gasteiger partial charge on any atom is 0.331 e. The monoisotopic (exact) mass is 424 g/mol. The smallest absolute Gasteiger partial charge is 0.331 e. The summed E-state index contributed by atoms with van der Waals surface area (Å²) in [6.45, 7) is 3.04. The first-order valence-electron chi connectivity index (χ1n) is 9.88. The molecule has 1 amide bonds. The molecule has 1 saturated heterocycles. The third kappa shape index (κ3) is 3.31. The first-order chi connectivity index (χ1) is 14.3. The molecule has 156 valence electrons. The van der Waals surface area contributed by atoms with Crippen LogP contribution in [0.1, 0.15) is 39.6 Å². The van der Waals surface area contributed by atoms with Crippen LogP contribution in [0.15, 0.2) is 51.4 Å². The zero-order valence-corrected chi connectivity index (χ0v) is 18.1. The van der Waals surface area contributed by atoms with E-state index in [-0.39, 0.29) is 17.0 Å². The average Bonchev–Trinajstić information content (AvgIpc) is 3.22. The fraction of sp³-hybridized carbons (Fsp3) is 0.364. The van der Waals surface area contributed by atoms with Crippen molar-refractivity contribution in [3.8, 4) is 0 Å². The van der Waals surface area contributed by atoms with Gasteiger partial charge in [-0.25, -0.2) is 9.78 Å². The molecule has 1 fully saturated rings. The molecule has 7 nitrogen and oxygen atoms in total. The maximum atomic E-state index is 13.1. The van der Waals surface area contributed by atoms with Gasteiger partial charge in [-0.15, -0.1) is 11.3 Å². The van der Waals surface area contributed by atoms with Crippen molar-refractivity contribution < 1.29 is 4.79 Å². The molecule has 3 heterocycles. The van der Waals surface area contributed by atoms with Gasteiger partial charge in [-0.2, -0.15) is 0 Å². The first kappa shape index (κ1) is 20.3. The van der Waals surface area contributed by atoms with Crippen LogP contribution in [0.2, 0.25) is 0 Å². The van der Waals surface area contributed by atoms with E-state index in [1.54, 1.807) is 16.2 Å². The van der Waals surface area contributed by atoms with Gasteiger partial charge in [-0.05, 0) is 25.3 Å². The van der Waals surface area contributed by atoms with Crippen molar-refractivity contribution in [2.75, 3.05) is 13.1 Å². The molecule has 2 aromatic heterocycles. The van der Waals surface area contributed by atoms with Gasteiger partial charge in [-0.3, -0.25) is 18.7 Å². The van der Waals surface area contributed by atoms with Crippen LogP contribution >= 0.6 is 11.3 Å². The van der Waals surface area contributed by atoms with Gasteiger partial charge in [0.1, 0.15) is 5.69 Å². The van der Waals surface area contributed by atoms with E-state index < -0.39 is 11.2 Å². The highest BCUT2D eigenvalue weighted by Crippen LogP contribution is 2.42. The van der Waals surface area contributed by atoms with Gasteiger partial charge in [0.25, 0.3) is 11.5 Å². The highest BCUT2D eigenvalue weighted by Gasteiger charge is 2.41. The van der Waals surface area contributed by atoms with E-state index in [2.05, 4.69) is 17.5 Å². The average molecular weight is 425 g/mol. The van der Waals surface area contributed by atoms with Crippen molar-refractivity contribution in [2.24, 2.45) is 14.1 Å². The number of benzene rings is 1. The van der Waals surface area contributed by atoms with Crippen LogP contribution in [0.5, 0.6) is 0 Å². The number of aromatic nitrogens is 3. The molecule has 1 aliphatic heterocycles. The van der Waals surface area contributed by atoms with Crippen molar-refractivity contribution in [1.29, 1.82) is 0 Å². The molecular weight excluding hydrogens is 400 g/mol. The lowest BCUT2D eigenvalue weighted by molar-refractivity contribution is 0.0672. The number of carbonyl (C=O) groups is 1. The molecule has 0 saturated carbocycles. The number of hydrogen-bond donors (Lipinski definition) is 0. The van der Waals surface area contributed by atoms with Crippen LogP contribution in [-0.2, 0) is 19.5 Å². The van der Waals surface area contributed by atoms with E-state index in [1.165, 1.54) is 30.3 Å². The third-order valence-corrected chi connectivity index (χ3v) is 6.86. The Bertz CT molecular complexity index is 1200. The Labute approximate surface area is 178 Å². The van der Waals surface area contributed by atoms with E-state index in [1.807, 2.05) is 25.1 Å². The van der Waals surface area contributed by atoms with E-state index >= 15 is 0 Å². The van der Waals surface area contributed by atoms with Gasteiger partial charge in [0, 0.05) is 44.0 Å². The van der Waals surface area contributed by atoms with Crippen molar-refractivity contribution in [3.63, 3.8) is 0 Å². The molecule has 30 heavy (non-hydrogen) atoms. The Morgan fingerprint density at radius 1 is 1.07 bits per heavy atom. The van der Waals surface area contributed by atoms with E-state index in [4.69, 9.17) is 4.98 Å². The second-order valence-electron chi connectivity index (χ2n) is 7.76. The molecule has 1 aromatic carbocycles. The third-order valence-electron chi connectivity index (χ3n) is 6.09. The topological polar surface area (TPSA) is 77.2 Å². The standard InChI is InChI=1S/C22H24N4O3S/c1-15-23-18(14-30-15)22(16-7-5-4-6-8-16)9-11-26(12-10-22)20(28)17-13-19(27)25(3)21(29)24(17)2/h4-8,13-14H,9-12H2,1-3H3. The summed E-state index contributed by atoms with van der Waals surface area (Å²) in [6, 6.07) is 11.5. The Balaban J connectivity index is 1.65. The second-order valence-corrected chi connectivity index (χ2v) is 8.82. The summed E-state index contributed by atoms with van der Waals surface area (Å²) >= 11 is 1.63. The number of aryl methyl sites for hydroxylation is 1. The summed E-state index contributed by atoms with van der Waals surface area (Å²) in [5, 5.41) is 3.14. The van der Waals surface area contributed by atoms with Gasteiger partial charge in [0.15, 0.2) is 0 Å². The van der Waals surface area contributed by atoms with E-state index in [0.717, 1.165) is 28.1 Å². The Hall–Kier alpha value is -3.00. The van der Waals surface area contributed by atoms with Crippen LogP contribution in [0, 0.1) is 6.92 Å². The summed E-state index contributed by atoms with van der Waals surface area (Å²) < 4.78 is 2.24. The lowest BCUT2D eigenvalue weighted by Crippen LogP contribution is -2.48. The number of likely N-dealkylation sites (tertiary alicyclic amines) is 1. The number of thiazole rings is 1. The minimum Gasteiger partial charge on any atom is -0.337 e. The van der Waals surface area contributed by atoms with E-state index in [9.17, 15) is 14.4 Å². The summed E-state index contributed by atoms with van der Waals surface area (Å²) in [4.78, 5) is 43.9. The van der Waals surface area contributed by atoms with Gasteiger partial charge in [-0.1, -0.05) is 30.3 Å². The van der Waals surface area contributed by atoms with Crippen molar-refractivity contribution in [3.05, 3.63) is 84.6 Å². The molecular formula is C22H24N4O3S. The number of hydrogen-bond acceptors (Lipinski definition) is 5. The summed E-state index contributed by atoms with van der Waals surface area (Å²) in [6.07, 6.45) is 1.45. The molecule has 8 heteroatoms. The zero-order valence-electron chi connectivity index (χ0n) is 17.3. The molecule has 1 aliphatic rings. The molecule has 3 aromatic rings. The summed E-state index contributed by atoms with van der Waals surface area (Å²) in [7, 11) is 2.93. The van der Waals surface area contributed by atoms with Crippen LogP contribution < -0.4 is 11.2 Å². The minimum absolute atomic E-state index is 0.125. The Morgan fingerprint density at radius 3 is 2.33 bits per heavy atom. The van der Waals surface area contributed by atoms with Crippen LogP contribution in [0.25, 0.3) is 0 Å². The van der Waals surface area contributed by atoms with Gasteiger partial charge in [0.2, 0.25) is 0 Å². The Morgan fingerprint density at radius 2 is 1.73 bits per heavy atom. The van der Waals surface area contributed by atoms with Crippen LogP contribution in [0.3, 0.4) is 0 Å². The molecule has 0 aliphatic carbocycles. The van der Waals surface area contributed by atoms with Crippen molar-refractivity contribution in [1.82, 2.24) is 19.0 Å². The highest BCUT2D eigenvalue weighted by molar-refractivity contribution is 7.09. The van der Waals surface area contributed by atoms with Crippen molar-refractivity contribution >= 4 is 17.2 Å². The van der Waals surface area contributed by atoms with Crippen LogP contribution in [0.4, 0.5) is 0 Å². The molecule has 0 bridgehead atoms. The van der Waals surface area contributed by atoms with Gasteiger partial charge < -0.3 is 4.90 Å². The molecule has 0 spiro atoms. The predicted octanol–water partition coefficient (Wildman–Crippen LogP) is 2.07. The summed E-state index contributed by atoms with van der Waals surface area (Å²) in [5.41, 5.74) is 1.14. The summed E-state index contributed by atoms with van der Waals surface area (Å²) in [5.74, 6) is -0.288. The SMILES string of the molecule is Cc1nc(C2(c3ccccc3)CCN(C(=O)c3cc(=O)n(C)c(=O)n3C)CC2)cs1. The number of rotatable bonds is 3. The maximum absolute atomic E-state index is 13.1. The minimum atomic E-state index is -0.501. The normalized spacial score (nSPS) is 15.9. The first-order valence-corrected chi connectivity index (χ1v) is 10.8. The molecule has 0 N–H and O–H groups in total.